The molecule has 0 radical (unpaired) electrons. The minimum Gasteiger partial charge on any atom is -0.497 e. The van der Waals surface area contributed by atoms with Crippen LogP contribution in [0.3, 0.4) is 0 Å². The van der Waals surface area contributed by atoms with Crippen molar-refractivity contribution in [1.29, 1.82) is 5.26 Å². The van der Waals surface area contributed by atoms with Crippen LogP contribution in [0.25, 0.3) is 0 Å². The molecule has 0 aliphatic heterocycles. The van der Waals surface area contributed by atoms with Crippen LogP contribution in [0, 0.1) is 11.3 Å². The Morgan fingerprint density at radius 3 is 2.48 bits per heavy atom. The molecule has 6 nitrogen and oxygen atoms in total. The average molecular weight is 358 g/mol. The third-order valence-corrected chi connectivity index (χ3v) is 3.92. The molecule has 0 atom stereocenters. The molecule has 0 fully saturated rings. The van der Waals surface area contributed by atoms with Crippen LogP contribution in [0.15, 0.2) is 67.0 Å². The number of nitrogens with zero attached hydrogens (tertiary/aromatic N) is 2. The highest BCUT2D eigenvalue weighted by molar-refractivity contribution is 5.94. The second kappa shape index (κ2) is 8.50. The molecule has 0 saturated carbocycles. The fourth-order valence-electron chi connectivity index (χ4n) is 2.46. The van der Waals surface area contributed by atoms with Crippen LogP contribution in [0.1, 0.15) is 21.5 Å². The molecule has 0 spiro atoms. The second-order valence-corrected chi connectivity index (χ2v) is 5.81. The maximum absolute atomic E-state index is 12.4. The lowest BCUT2D eigenvalue weighted by molar-refractivity contribution is 0.0950. The Labute approximate surface area is 157 Å². The molecule has 3 aromatic rings. The lowest BCUT2D eigenvalue weighted by atomic mass is 10.2. The highest BCUT2D eigenvalue weighted by Crippen LogP contribution is 2.17. The van der Waals surface area contributed by atoms with Gasteiger partial charge in [0, 0.05) is 18.4 Å². The van der Waals surface area contributed by atoms with Crippen molar-refractivity contribution in [2.45, 2.75) is 6.54 Å². The molecule has 0 aliphatic carbocycles. The van der Waals surface area contributed by atoms with Crippen molar-refractivity contribution in [1.82, 2.24) is 10.3 Å². The number of ether oxygens (including phenoxy) is 1. The van der Waals surface area contributed by atoms with E-state index in [2.05, 4.69) is 21.7 Å². The van der Waals surface area contributed by atoms with E-state index in [4.69, 9.17) is 10.00 Å². The zero-order chi connectivity index (χ0) is 19.1. The maximum Gasteiger partial charge on any atom is 0.253 e. The summed E-state index contributed by atoms with van der Waals surface area (Å²) in [5.74, 6) is 0.567. The van der Waals surface area contributed by atoms with Gasteiger partial charge in [-0.25, -0.2) is 0 Å². The monoisotopic (exact) mass is 358 g/mol. The normalized spacial score (nSPS) is 9.93. The fourth-order valence-corrected chi connectivity index (χ4v) is 2.46. The number of amides is 1. The lowest BCUT2D eigenvalue weighted by Gasteiger charge is -2.09. The summed E-state index contributed by atoms with van der Waals surface area (Å²) in [6.45, 7) is 0.413. The Morgan fingerprint density at radius 2 is 1.81 bits per heavy atom. The van der Waals surface area contributed by atoms with Gasteiger partial charge < -0.3 is 15.4 Å². The number of hydrogen-bond donors (Lipinski definition) is 2. The number of pyridine rings is 1. The van der Waals surface area contributed by atoms with Gasteiger partial charge in [-0.05, 0) is 48.0 Å². The van der Waals surface area contributed by atoms with Gasteiger partial charge in [-0.1, -0.05) is 12.1 Å². The van der Waals surface area contributed by atoms with E-state index in [9.17, 15) is 4.79 Å². The molecule has 134 valence electrons. The first kappa shape index (κ1) is 18.0. The van der Waals surface area contributed by atoms with E-state index in [1.54, 1.807) is 43.6 Å². The van der Waals surface area contributed by atoms with Crippen LogP contribution in [0.4, 0.5) is 11.4 Å². The average Bonchev–Trinajstić information content (AvgIpc) is 2.73. The van der Waals surface area contributed by atoms with E-state index in [1.165, 1.54) is 6.20 Å². The molecule has 3 rings (SSSR count). The van der Waals surface area contributed by atoms with Crippen LogP contribution >= 0.6 is 0 Å². The zero-order valence-corrected chi connectivity index (χ0v) is 14.8. The molecule has 1 amide bonds. The van der Waals surface area contributed by atoms with Gasteiger partial charge in [-0.2, -0.15) is 5.26 Å². The number of carbonyl (C=O) groups excluding carboxylic acids is 1. The molecule has 0 aliphatic rings. The number of hydrogen-bond acceptors (Lipinski definition) is 5. The number of methoxy groups -OCH3 is 1. The quantitative estimate of drug-likeness (QED) is 0.702. The number of carbonyl (C=O) groups is 1. The first-order valence-electron chi connectivity index (χ1n) is 8.31. The minimum atomic E-state index is -0.207. The van der Waals surface area contributed by atoms with Crippen molar-refractivity contribution >= 4 is 17.3 Å². The molecule has 0 unspecified atom stereocenters. The van der Waals surface area contributed by atoms with Gasteiger partial charge >= 0.3 is 0 Å². The van der Waals surface area contributed by atoms with E-state index in [-0.39, 0.29) is 5.91 Å². The Bertz CT molecular complexity index is 961. The largest absolute Gasteiger partial charge is 0.497 e. The Kier molecular flexibility index (Phi) is 5.65. The van der Waals surface area contributed by atoms with Crippen molar-refractivity contribution in [3.8, 4) is 11.8 Å². The minimum absolute atomic E-state index is 0.207. The smallest absolute Gasteiger partial charge is 0.253 e. The van der Waals surface area contributed by atoms with Gasteiger partial charge in [0.15, 0.2) is 0 Å². The van der Waals surface area contributed by atoms with Crippen molar-refractivity contribution in [2.24, 2.45) is 0 Å². The highest BCUT2D eigenvalue weighted by Gasteiger charge is 2.07. The van der Waals surface area contributed by atoms with Crippen molar-refractivity contribution < 1.29 is 9.53 Å². The van der Waals surface area contributed by atoms with Crippen LogP contribution in [-0.4, -0.2) is 18.0 Å². The Morgan fingerprint density at radius 1 is 1.07 bits per heavy atom. The van der Waals surface area contributed by atoms with Crippen molar-refractivity contribution in [3.63, 3.8) is 0 Å². The van der Waals surface area contributed by atoms with Crippen LogP contribution < -0.4 is 15.4 Å². The summed E-state index contributed by atoms with van der Waals surface area (Å²) in [6.07, 6.45) is 3.16. The summed E-state index contributed by atoms with van der Waals surface area (Å²) >= 11 is 0. The summed E-state index contributed by atoms with van der Waals surface area (Å²) in [4.78, 5) is 16.5. The van der Waals surface area contributed by atoms with Gasteiger partial charge in [0.25, 0.3) is 5.91 Å². The summed E-state index contributed by atoms with van der Waals surface area (Å²) in [5.41, 5.74) is 3.53. The molecule has 1 aromatic heterocycles. The first-order valence-corrected chi connectivity index (χ1v) is 8.31. The Hall–Kier alpha value is -3.85. The molecule has 1 heterocycles. The molecular weight excluding hydrogens is 340 g/mol. The second-order valence-electron chi connectivity index (χ2n) is 5.81. The number of nitriles is 1. The molecule has 0 saturated heterocycles. The third kappa shape index (κ3) is 4.83. The van der Waals surface area contributed by atoms with Crippen LogP contribution in [0.2, 0.25) is 0 Å². The molecule has 27 heavy (non-hydrogen) atoms. The number of nitrogens with one attached hydrogen (secondary N) is 2. The number of anilines is 2. The summed E-state index contributed by atoms with van der Waals surface area (Å²) < 4.78 is 5.12. The van der Waals surface area contributed by atoms with Gasteiger partial charge in [0.2, 0.25) is 0 Å². The Balaban J connectivity index is 1.63. The molecular formula is C21H18N4O2. The van der Waals surface area contributed by atoms with Gasteiger partial charge in [0.1, 0.15) is 5.75 Å². The van der Waals surface area contributed by atoms with Gasteiger partial charge in [-0.3, -0.25) is 9.78 Å². The highest BCUT2D eigenvalue weighted by atomic mass is 16.5. The van der Waals surface area contributed by atoms with E-state index in [0.29, 0.717) is 23.4 Å². The molecule has 2 N–H and O–H groups in total. The predicted molar refractivity (Wildman–Crippen MR) is 103 cm³/mol. The molecule has 6 heteroatoms. The lowest BCUT2D eigenvalue weighted by Crippen LogP contribution is -2.23. The van der Waals surface area contributed by atoms with E-state index in [1.807, 2.05) is 24.3 Å². The zero-order valence-electron chi connectivity index (χ0n) is 14.8. The molecule has 0 bridgehead atoms. The van der Waals surface area contributed by atoms with Crippen molar-refractivity contribution in [3.05, 3.63) is 83.7 Å². The third-order valence-electron chi connectivity index (χ3n) is 3.92. The predicted octanol–water partition coefficient (Wildman–Crippen LogP) is 3.64. The SMILES string of the molecule is COc1ccc(CNC(=O)c2cncc(Nc3ccc(C#N)cc3)c2)cc1. The van der Waals surface area contributed by atoms with E-state index in [0.717, 1.165) is 17.0 Å². The van der Waals surface area contributed by atoms with Gasteiger partial charge in [-0.15, -0.1) is 0 Å². The van der Waals surface area contributed by atoms with E-state index >= 15 is 0 Å². The first-order chi connectivity index (χ1) is 13.2. The molecule has 2 aromatic carbocycles. The summed E-state index contributed by atoms with van der Waals surface area (Å²) in [5, 5.41) is 14.9. The van der Waals surface area contributed by atoms with Crippen molar-refractivity contribution in [2.75, 3.05) is 12.4 Å². The van der Waals surface area contributed by atoms with Crippen LogP contribution in [0.5, 0.6) is 5.75 Å². The standard InChI is InChI=1S/C21H18N4O2/c1-27-20-8-4-16(5-9-20)12-24-21(26)17-10-19(14-23-13-17)25-18-6-2-15(11-22)3-7-18/h2-10,13-14,25H,12H2,1H3,(H,24,26). The topological polar surface area (TPSA) is 87.0 Å². The number of aromatic nitrogens is 1. The van der Waals surface area contributed by atoms with Gasteiger partial charge in [0.05, 0.1) is 36.2 Å². The summed E-state index contributed by atoms with van der Waals surface area (Å²) in [6, 6.07) is 18.4. The van der Waals surface area contributed by atoms with Crippen LogP contribution in [-0.2, 0) is 6.54 Å². The fraction of sp³-hybridized carbons (Fsp3) is 0.0952. The number of benzene rings is 2. The number of rotatable bonds is 6. The maximum atomic E-state index is 12.4. The van der Waals surface area contributed by atoms with E-state index < -0.39 is 0 Å². The summed E-state index contributed by atoms with van der Waals surface area (Å²) in [7, 11) is 1.61.